The van der Waals surface area contributed by atoms with E-state index >= 15 is 0 Å². The van der Waals surface area contributed by atoms with E-state index < -0.39 is 6.09 Å². The Balaban J connectivity index is 2.77. The van der Waals surface area contributed by atoms with Crippen LogP contribution < -0.4 is 0 Å². The Bertz CT molecular complexity index is 295. The van der Waals surface area contributed by atoms with E-state index in [2.05, 4.69) is 0 Å². The van der Waals surface area contributed by atoms with Crippen molar-refractivity contribution in [2.75, 3.05) is 12.8 Å². The van der Waals surface area contributed by atoms with Crippen LogP contribution >= 0.6 is 8.04 Å². The Hall–Kier alpha value is -0.850. The molecule has 1 heterocycles. The molecule has 1 saturated heterocycles. The predicted molar refractivity (Wildman–Crippen MR) is 53.6 cm³/mol. The molecule has 1 fully saturated rings. The van der Waals surface area contributed by atoms with Crippen LogP contribution in [0, 0.1) is 12.0 Å². The molecule has 1 aliphatic rings. The number of hydrogen-bond donors (Lipinski definition) is 0. The summed E-state index contributed by atoms with van der Waals surface area (Å²) in [5, 5.41) is 0. The third kappa shape index (κ3) is 2.14. The van der Waals surface area contributed by atoms with Gasteiger partial charge in [0, 0.05) is 0 Å². The first-order chi connectivity index (χ1) is 6.57. The number of carbonyl (C=O) groups is 2. The fourth-order valence-electron chi connectivity index (χ4n) is 1.26. The number of imide groups is 1. The molecule has 0 radical (unpaired) electrons. The van der Waals surface area contributed by atoms with Crippen LogP contribution in [0.15, 0.2) is 0 Å². The van der Waals surface area contributed by atoms with Crippen LogP contribution in [-0.4, -0.2) is 35.7 Å². The van der Waals surface area contributed by atoms with Gasteiger partial charge in [-0.3, -0.25) is 0 Å². The molecule has 1 unspecified atom stereocenters. The summed E-state index contributed by atoms with van der Waals surface area (Å²) in [7, 11) is 0.668. The summed E-state index contributed by atoms with van der Waals surface area (Å²) in [5.74, 6) is -0.390. The number of cyclic esters (lactones) is 1. The van der Waals surface area contributed by atoms with Crippen LogP contribution in [0.3, 0.4) is 0 Å². The van der Waals surface area contributed by atoms with Gasteiger partial charge in [0.25, 0.3) is 0 Å². The normalized spacial score (nSPS) is 21.1. The maximum atomic E-state index is 11.6. The average Bonchev–Trinajstić information content (AvgIpc) is 2.47. The van der Waals surface area contributed by atoms with Gasteiger partial charge >= 0.3 is 84.0 Å². The number of carbonyl (C=O) groups excluding carboxylic acids is 2. The van der Waals surface area contributed by atoms with Crippen molar-refractivity contribution in [3.63, 3.8) is 0 Å². The third-order valence-electron chi connectivity index (χ3n) is 2.01. The van der Waals surface area contributed by atoms with Crippen molar-refractivity contribution in [3.05, 3.63) is 0 Å². The molecule has 0 aromatic carbocycles. The average molecular weight is 214 g/mol. The van der Waals surface area contributed by atoms with Crippen molar-refractivity contribution >= 4 is 20.0 Å². The van der Waals surface area contributed by atoms with Crippen molar-refractivity contribution in [1.82, 2.24) is 4.90 Å². The molecule has 0 N–H and O–H groups in total. The second-order valence-electron chi connectivity index (χ2n) is 3.46. The molecule has 1 rings (SSSR count). The zero-order valence-corrected chi connectivity index (χ0v) is 9.16. The van der Waals surface area contributed by atoms with Crippen LogP contribution in [0.2, 0.25) is 0 Å². The standard InChI is InChI=1S/C9H13NO3P/c1-6(2)8(11)10-7(5-14-3)4-13-9(10)12/h3,6-7H,4-5H2,1-2H3/q+1. The Morgan fingerprint density at radius 3 is 2.93 bits per heavy atom. The first-order valence-corrected chi connectivity index (χ1v) is 5.59. The van der Waals surface area contributed by atoms with Gasteiger partial charge in [0.2, 0.25) is 0 Å². The van der Waals surface area contributed by atoms with Crippen LogP contribution in [0.1, 0.15) is 13.8 Å². The zero-order chi connectivity index (χ0) is 10.7. The van der Waals surface area contributed by atoms with Crippen LogP contribution in [-0.2, 0) is 9.53 Å². The summed E-state index contributed by atoms with van der Waals surface area (Å²) in [4.78, 5) is 24.1. The first kappa shape index (κ1) is 11.2. The Kier molecular flexibility index (Phi) is 3.68. The molecule has 4 nitrogen and oxygen atoms in total. The molecule has 0 saturated carbocycles. The van der Waals surface area contributed by atoms with E-state index in [1.807, 2.05) is 0 Å². The summed E-state index contributed by atoms with van der Waals surface area (Å²) in [6.07, 6.45) is 5.39. The van der Waals surface area contributed by atoms with Crippen molar-refractivity contribution in [1.29, 1.82) is 0 Å². The number of nitrogens with zero attached hydrogens (tertiary/aromatic N) is 1. The molecular formula is C9H13NO3P+. The quantitative estimate of drug-likeness (QED) is 0.655. The molecule has 0 aromatic heterocycles. The summed E-state index contributed by atoms with van der Waals surface area (Å²) >= 11 is 0. The minimum atomic E-state index is -0.544. The van der Waals surface area contributed by atoms with Gasteiger partial charge in [0.1, 0.15) is 0 Å². The SMILES string of the molecule is C#[P+]CC1COC(=O)N1C(=O)C(C)C. The fraction of sp³-hybridized carbons (Fsp3) is 0.667. The molecule has 0 aliphatic carbocycles. The van der Waals surface area contributed by atoms with Gasteiger partial charge in [-0.25, -0.2) is 0 Å². The molecular weight excluding hydrogens is 201 g/mol. The molecule has 76 valence electrons. The van der Waals surface area contributed by atoms with Gasteiger partial charge in [0.05, 0.1) is 0 Å². The molecule has 0 spiro atoms. The van der Waals surface area contributed by atoms with E-state index in [9.17, 15) is 9.59 Å². The molecule has 1 aliphatic heterocycles. The van der Waals surface area contributed by atoms with E-state index in [1.54, 1.807) is 13.8 Å². The van der Waals surface area contributed by atoms with E-state index in [0.717, 1.165) is 0 Å². The Morgan fingerprint density at radius 2 is 2.43 bits per heavy atom. The van der Waals surface area contributed by atoms with Crippen LogP contribution in [0.5, 0.6) is 0 Å². The molecule has 14 heavy (non-hydrogen) atoms. The Morgan fingerprint density at radius 1 is 1.79 bits per heavy atom. The van der Waals surface area contributed by atoms with Crippen LogP contribution in [0.25, 0.3) is 0 Å². The molecule has 2 amide bonds. The van der Waals surface area contributed by atoms with Crippen molar-refractivity contribution in [2.24, 2.45) is 5.92 Å². The first-order valence-electron chi connectivity index (χ1n) is 4.44. The minimum absolute atomic E-state index is 0.191. The topological polar surface area (TPSA) is 46.6 Å². The summed E-state index contributed by atoms with van der Waals surface area (Å²) in [5.41, 5.74) is 0. The second kappa shape index (κ2) is 4.59. The van der Waals surface area contributed by atoms with Gasteiger partial charge in [-0.1, -0.05) is 0 Å². The van der Waals surface area contributed by atoms with Gasteiger partial charge in [0.15, 0.2) is 0 Å². The van der Waals surface area contributed by atoms with E-state index in [-0.39, 0.29) is 24.5 Å². The molecule has 5 heteroatoms. The van der Waals surface area contributed by atoms with Gasteiger partial charge < -0.3 is 0 Å². The molecule has 1 atom stereocenters. The van der Waals surface area contributed by atoms with E-state index in [4.69, 9.17) is 10.9 Å². The summed E-state index contributed by atoms with van der Waals surface area (Å²) in [6.45, 7) is 3.78. The fourth-order valence-corrected chi connectivity index (χ4v) is 1.78. The number of rotatable bonds is 2. The predicted octanol–water partition coefficient (Wildman–Crippen LogP) is 1.52. The zero-order valence-electron chi connectivity index (χ0n) is 8.27. The van der Waals surface area contributed by atoms with Crippen LogP contribution in [0.4, 0.5) is 4.79 Å². The number of hydrogen-bond acceptors (Lipinski definition) is 3. The molecule has 0 bridgehead atoms. The number of amides is 2. The van der Waals surface area contributed by atoms with Crippen molar-refractivity contribution < 1.29 is 14.3 Å². The van der Waals surface area contributed by atoms with Crippen molar-refractivity contribution in [3.8, 4) is 6.13 Å². The number of ether oxygens (including phenoxy) is 1. The maximum absolute atomic E-state index is 11.6. The van der Waals surface area contributed by atoms with Gasteiger partial charge in [-0.15, -0.1) is 0 Å². The van der Waals surface area contributed by atoms with Crippen molar-refractivity contribution in [2.45, 2.75) is 19.9 Å². The van der Waals surface area contributed by atoms with Gasteiger partial charge in [-0.05, 0) is 0 Å². The Labute approximate surface area is 84.7 Å². The monoisotopic (exact) mass is 214 g/mol. The second-order valence-corrected chi connectivity index (χ2v) is 4.19. The van der Waals surface area contributed by atoms with E-state index in [0.29, 0.717) is 14.2 Å². The van der Waals surface area contributed by atoms with E-state index in [1.165, 1.54) is 4.90 Å². The molecule has 0 aromatic rings. The van der Waals surface area contributed by atoms with Gasteiger partial charge in [-0.2, -0.15) is 0 Å². The third-order valence-corrected chi connectivity index (χ3v) is 2.64. The summed E-state index contributed by atoms with van der Waals surface area (Å²) in [6, 6.07) is -0.191. The summed E-state index contributed by atoms with van der Waals surface area (Å²) < 4.78 is 4.81.